The normalized spacial score (nSPS) is 27.6. The zero-order valence-electron chi connectivity index (χ0n) is 12.4. The fourth-order valence-electron chi connectivity index (χ4n) is 3.12. The van der Waals surface area contributed by atoms with Gasteiger partial charge in [0.15, 0.2) is 0 Å². The molecule has 1 N–H and O–H groups in total. The summed E-state index contributed by atoms with van der Waals surface area (Å²) in [5.74, 6) is 1.75. The number of hydrogen-bond donors (Lipinski definition) is 1. The minimum Gasteiger partial charge on any atom is -0.449 e. The Morgan fingerprint density at radius 2 is 2.29 bits per heavy atom. The average Bonchev–Trinajstić information content (AvgIpc) is 2.97. The van der Waals surface area contributed by atoms with E-state index in [-0.39, 0.29) is 5.95 Å². The van der Waals surface area contributed by atoms with Crippen molar-refractivity contribution in [3.8, 4) is 0 Å². The van der Waals surface area contributed by atoms with Crippen LogP contribution in [0.5, 0.6) is 0 Å². The molecule has 3 aliphatic rings. The Labute approximate surface area is 124 Å². The van der Waals surface area contributed by atoms with Gasteiger partial charge in [0.05, 0.1) is 12.5 Å². The van der Waals surface area contributed by atoms with Gasteiger partial charge in [0.1, 0.15) is 0 Å². The highest BCUT2D eigenvalue weighted by atomic mass is 16.5. The molecule has 1 unspecified atom stereocenters. The van der Waals surface area contributed by atoms with Gasteiger partial charge in [-0.3, -0.25) is 5.32 Å². The van der Waals surface area contributed by atoms with Crippen molar-refractivity contribution >= 4 is 12.0 Å². The van der Waals surface area contributed by atoms with Gasteiger partial charge >= 0.3 is 6.09 Å². The summed E-state index contributed by atoms with van der Waals surface area (Å²) in [7, 11) is 0. The van der Waals surface area contributed by atoms with Gasteiger partial charge in [-0.15, -0.1) is 0 Å². The summed E-state index contributed by atoms with van der Waals surface area (Å²) in [6.07, 6.45) is 3.69. The lowest BCUT2D eigenvalue weighted by atomic mass is 9.79. The topological polar surface area (TPSA) is 80.5 Å². The molecule has 0 saturated carbocycles. The van der Waals surface area contributed by atoms with E-state index >= 15 is 0 Å². The van der Waals surface area contributed by atoms with E-state index in [2.05, 4.69) is 20.4 Å². The monoisotopic (exact) mass is 294 g/mol. The van der Waals surface area contributed by atoms with E-state index in [4.69, 9.17) is 9.26 Å². The maximum Gasteiger partial charge on any atom is 0.414 e. The number of rotatable bonds is 5. The number of hydrogen-bond acceptors (Lipinski definition) is 6. The minimum absolute atomic E-state index is 0.197. The molecule has 7 nitrogen and oxygen atoms in total. The van der Waals surface area contributed by atoms with Crippen molar-refractivity contribution in [2.45, 2.75) is 38.5 Å². The molecule has 0 aliphatic carbocycles. The molecule has 1 aromatic rings. The van der Waals surface area contributed by atoms with Gasteiger partial charge < -0.3 is 14.2 Å². The number of aromatic nitrogens is 2. The van der Waals surface area contributed by atoms with Crippen LogP contribution in [-0.2, 0) is 4.74 Å². The molecule has 0 radical (unpaired) electrons. The van der Waals surface area contributed by atoms with Crippen LogP contribution in [0.25, 0.3) is 0 Å². The number of unbranched alkanes of at least 4 members (excludes halogenated alkanes) is 1. The predicted octanol–water partition coefficient (Wildman–Crippen LogP) is 2.23. The molecular formula is C14H22N4O3. The van der Waals surface area contributed by atoms with E-state index < -0.39 is 6.09 Å². The zero-order valence-corrected chi connectivity index (χ0v) is 12.4. The first kappa shape index (κ1) is 14.3. The molecule has 4 rings (SSSR count). The Hall–Kier alpha value is -1.63. The van der Waals surface area contributed by atoms with Crippen LogP contribution in [0.4, 0.5) is 10.7 Å². The Kier molecular flexibility index (Phi) is 4.38. The Morgan fingerprint density at radius 3 is 2.95 bits per heavy atom. The number of anilines is 1. The molecule has 0 aromatic carbocycles. The summed E-state index contributed by atoms with van der Waals surface area (Å²) < 4.78 is 10.3. The number of nitrogens with zero attached hydrogens (tertiary/aromatic N) is 3. The first-order valence-electron chi connectivity index (χ1n) is 7.76. The van der Waals surface area contributed by atoms with Crippen LogP contribution in [0, 0.1) is 5.92 Å². The van der Waals surface area contributed by atoms with E-state index in [1.165, 1.54) is 25.9 Å². The van der Waals surface area contributed by atoms with Crippen LogP contribution < -0.4 is 5.32 Å². The van der Waals surface area contributed by atoms with Crippen LogP contribution in [0.15, 0.2) is 4.52 Å². The van der Waals surface area contributed by atoms with E-state index in [0.29, 0.717) is 24.3 Å². The second-order valence-electron chi connectivity index (χ2n) is 5.82. The maximum absolute atomic E-state index is 11.5. The van der Waals surface area contributed by atoms with E-state index in [0.717, 1.165) is 19.4 Å². The molecule has 1 aromatic heterocycles. The largest absolute Gasteiger partial charge is 0.449 e. The smallest absolute Gasteiger partial charge is 0.414 e. The number of ether oxygens (including phenoxy) is 1. The van der Waals surface area contributed by atoms with Gasteiger partial charge in [-0.2, -0.15) is 4.98 Å². The van der Waals surface area contributed by atoms with Gasteiger partial charge in [-0.1, -0.05) is 13.3 Å². The molecule has 3 aliphatic heterocycles. The molecule has 116 valence electrons. The highest BCUT2D eigenvalue weighted by Crippen LogP contribution is 2.38. The Morgan fingerprint density at radius 1 is 1.48 bits per heavy atom. The number of fused-ring (bicyclic) bond motifs is 3. The van der Waals surface area contributed by atoms with Crippen LogP contribution in [-0.4, -0.2) is 47.4 Å². The highest BCUT2D eigenvalue weighted by Gasteiger charge is 2.38. The third-order valence-corrected chi connectivity index (χ3v) is 4.36. The average molecular weight is 294 g/mol. The van der Waals surface area contributed by atoms with E-state index in [1.807, 2.05) is 6.92 Å². The summed E-state index contributed by atoms with van der Waals surface area (Å²) >= 11 is 0. The predicted molar refractivity (Wildman–Crippen MR) is 76.1 cm³/mol. The molecule has 21 heavy (non-hydrogen) atoms. The molecule has 2 bridgehead atoms. The first-order valence-corrected chi connectivity index (χ1v) is 7.76. The van der Waals surface area contributed by atoms with Gasteiger partial charge in [-0.25, -0.2) is 4.79 Å². The summed E-state index contributed by atoms with van der Waals surface area (Å²) in [6, 6.07) is 0. The molecule has 3 fully saturated rings. The Balaban J connectivity index is 1.55. The van der Waals surface area contributed by atoms with Crippen molar-refractivity contribution in [1.29, 1.82) is 0 Å². The second kappa shape index (κ2) is 6.43. The van der Waals surface area contributed by atoms with Gasteiger partial charge in [0.2, 0.25) is 5.89 Å². The minimum atomic E-state index is -0.523. The molecular weight excluding hydrogens is 272 g/mol. The van der Waals surface area contributed by atoms with Crippen molar-refractivity contribution < 1.29 is 14.1 Å². The number of carbonyl (C=O) groups is 1. The Bertz CT molecular complexity index is 482. The van der Waals surface area contributed by atoms with Crippen molar-refractivity contribution in [1.82, 2.24) is 15.0 Å². The lowest BCUT2D eigenvalue weighted by molar-refractivity contribution is 0.0727. The van der Waals surface area contributed by atoms with Crippen LogP contribution >= 0.6 is 0 Å². The lowest BCUT2D eigenvalue weighted by Crippen LogP contribution is -2.46. The maximum atomic E-state index is 11.5. The summed E-state index contributed by atoms with van der Waals surface area (Å²) in [5, 5.41) is 6.34. The molecule has 1 atom stereocenters. The fraction of sp³-hybridized carbons (Fsp3) is 0.786. The molecule has 1 amide bonds. The van der Waals surface area contributed by atoms with Crippen molar-refractivity contribution in [2.24, 2.45) is 5.92 Å². The number of carbonyl (C=O) groups excluding carboxylic acids is 1. The molecule has 4 heterocycles. The third-order valence-electron chi connectivity index (χ3n) is 4.36. The third kappa shape index (κ3) is 3.34. The molecule has 3 saturated heterocycles. The first-order chi connectivity index (χ1) is 10.3. The fourth-order valence-corrected chi connectivity index (χ4v) is 3.12. The lowest BCUT2D eigenvalue weighted by Gasteiger charge is -2.43. The van der Waals surface area contributed by atoms with Crippen molar-refractivity contribution in [2.75, 3.05) is 31.6 Å². The summed E-state index contributed by atoms with van der Waals surface area (Å²) in [6.45, 7) is 5.77. The molecule has 0 spiro atoms. The van der Waals surface area contributed by atoms with Crippen LogP contribution in [0.3, 0.4) is 0 Å². The van der Waals surface area contributed by atoms with Gasteiger partial charge in [0.25, 0.3) is 5.95 Å². The number of nitrogens with one attached hydrogen (secondary N) is 1. The standard InChI is InChI=1S/C14H22N4O3/c1-2-3-8-20-14(19)16-13-15-12(21-17-13)11-9-18-6-4-10(11)5-7-18/h10-11H,2-9H2,1H3,(H,16,17,19). The van der Waals surface area contributed by atoms with Crippen molar-refractivity contribution in [3.05, 3.63) is 5.89 Å². The zero-order chi connectivity index (χ0) is 14.7. The second-order valence-corrected chi connectivity index (χ2v) is 5.82. The number of piperidine rings is 3. The highest BCUT2D eigenvalue weighted by molar-refractivity contribution is 5.81. The van der Waals surface area contributed by atoms with Crippen LogP contribution in [0.1, 0.15) is 44.4 Å². The van der Waals surface area contributed by atoms with E-state index in [1.54, 1.807) is 0 Å². The number of amides is 1. The quantitative estimate of drug-likeness (QED) is 0.839. The molecule has 7 heteroatoms. The summed E-state index contributed by atoms with van der Waals surface area (Å²) in [5.41, 5.74) is 0. The van der Waals surface area contributed by atoms with Gasteiger partial charge in [-0.05, 0) is 43.4 Å². The van der Waals surface area contributed by atoms with Crippen LogP contribution in [0.2, 0.25) is 0 Å². The SMILES string of the molecule is CCCCOC(=O)Nc1noc(C2CN3CCC2CC3)n1. The summed E-state index contributed by atoms with van der Waals surface area (Å²) in [4.78, 5) is 18.3. The van der Waals surface area contributed by atoms with E-state index in [9.17, 15) is 4.79 Å². The van der Waals surface area contributed by atoms with Gasteiger partial charge in [0, 0.05) is 6.54 Å². The van der Waals surface area contributed by atoms with Crippen molar-refractivity contribution in [3.63, 3.8) is 0 Å².